The zero-order chi connectivity index (χ0) is 15.2. The van der Waals surface area contributed by atoms with Crippen LogP contribution >= 0.6 is 0 Å². The minimum Gasteiger partial charge on any atom is -0.481 e. The van der Waals surface area contributed by atoms with E-state index in [1.165, 1.54) is 0 Å². The van der Waals surface area contributed by atoms with Crippen molar-refractivity contribution >= 4 is 12.0 Å². The van der Waals surface area contributed by atoms with Crippen molar-refractivity contribution in [2.75, 3.05) is 7.05 Å². The number of carboxylic acid groups (broad SMARTS) is 1. The Hall–Kier alpha value is -2.11. The van der Waals surface area contributed by atoms with Crippen LogP contribution in [0.1, 0.15) is 31.2 Å². The molecule has 1 saturated carbocycles. The van der Waals surface area contributed by atoms with E-state index in [4.69, 9.17) is 5.11 Å². The van der Waals surface area contributed by atoms with Crippen LogP contribution < -0.4 is 5.32 Å². The molecular weight excluding hydrogens is 270 g/mol. The van der Waals surface area contributed by atoms with E-state index in [0.717, 1.165) is 18.4 Å². The molecule has 1 aliphatic carbocycles. The molecule has 0 radical (unpaired) electrons. The molecule has 1 aliphatic rings. The van der Waals surface area contributed by atoms with Crippen LogP contribution in [0.5, 0.6) is 0 Å². The highest BCUT2D eigenvalue weighted by atomic mass is 16.4. The summed E-state index contributed by atoms with van der Waals surface area (Å²) in [6.45, 7) is 0.504. The van der Waals surface area contributed by atoms with Crippen molar-refractivity contribution in [3.05, 3.63) is 30.1 Å². The molecule has 0 atom stereocenters. The second-order valence-corrected chi connectivity index (χ2v) is 5.55. The average molecular weight is 291 g/mol. The summed E-state index contributed by atoms with van der Waals surface area (Å²) in [5, 5.41) is 11.9. The van der Waals surface area contributed by atoms with Crippen LogP contribution in [0.25, 0.3) is 0 Å². The van der Waals surface area contributed by atoms with Gasteiger partial charge in [-0.15, -0.1) is 0 Å². The molecule has 1 aromatic rings. The lowest BCUT2D eigenvalue weighted by molar-refractivity contribution is -0.142. The third-order valence-corrected chi connectivity index (χ3v) is 3.89. The largest absolute Gasteiger partial charge is 0.481 e. The topological polar surface area (TPSA) is 82.5 Å². The molecule has 0 saturated heterocycles. The Labute approximate surface area is 124 Å². The third-order valence-electron chi connectivity index (χ3n) is 3.89. The summed E-state index contributed by atoms with van der Waals surface area (Å²) < 4.78 is 0. The molecule has 6 heteroatoms. The molecule has 0 bridgehead atoms. The van der Waals surface area contributed by atoms with E-state index in [2.05, 4.69) is 10.3 Å². The minimum atomic E-state index is -0.728. The summed E-state index contributed by atoms with van der Waals surface area (Å²) in [5.41, 5.74) is 0.977. The van der Waals surface area contributed by atoms with Gasteiger partial charge in [0.15, 0.2) is 0 Å². The number of urea groups is 1. The van der Waals surface area contributed by atoms with Crippen LogP contribution in [0.15, 0.2) is 24.5 Å². The van der Waals surface area contributed by atoms with Gasteiger partial charge in [0.25, 0.3) is 0 Å². The van der Waals surface area contributed by atoms with Crippen molar-refractivity contribution in [3.63, 3.8) is 0 Å². The Balaban J connectivity index is 1.78. The minimum absolute atomic E-state index is 0.0736. The second kappa shape index (κ2) is 7.06. The van der Waals surface area contributed by atoms with Gasteiger partial charge in [0.05, 0.1) is 5.92 Å². The van der Waals surface area contributed by atoms with E-state index in [9.17, 15) is 9.59 Å². The molecule has 1 aromatic heterocycles. The van der Waals surface area contributed by atoms with Crippen LogP contribution in [0.2, 0.25) is 0 Å². The summed E-state index contributed by atoms with van der Waals surface area (Å²) in [6, 6.07) is 3.71. The smallest absolute Gasteiger partial charge is 0.317 e. The molecule has 2 amide bonds. The number of aromatic nitrogens is 1. The van der Waals surface area contributed by atoms with Gasteiger partial charge in [0, 0.05) is 32.0 Å². The zero-order valence-corrected chi connectivity index (χ0v) is 12.2. The number of carbonyl (C=O) groups is 2. The van der Waals surface area contributed by atoms with Gasteiger partial charge >= 0.3 is 12.0 Å². The molecule has 2 N–H and O–H groups in total. The van der Waals surface area contributed by atoms with E-state index in [0.29, 0.717) is 19.4 Å². The number of pyridine rings is 1. The lowest BCUT2D eigenvalue weighted by atomic mass is 9.86. The maximum absolute atomic E-state index is 12.1. The Morgan fingerprint density at radius 1 is 1.38 bits per heavy atom. The van der Waals surface area contributed by atoms with Gasteiger partial charge in [-0.05, 0) is 37.3 Å². The van der Waals surface area contributed by atoms with Crippen molar-refractivity contribution in [2.24, 2.45) is 5.92 Å². The number of rotatable bonds is 4. The van der Waals surface area contributed by atoms with Gasteiger partial charge in [-0.3, -0.25) is 9.78 Å². The van der Waals surface area contributed by atoms with Crippen LogP contribution in [0, 0.1) is 5.92 Å². The van der Waals surface area contributed by atoms with E-state index in [1.807, 2.05) is 12.1 Å². The van der Waals surface area contributed by atoms with Gasteiger partial charge in [-0.1, -0.05) is 6.07 Å². The van der Waals surface area contributed by atoms with Crippen molar-refractivity contribution in [2.45, 2.75) is 38.3 Å². The fourth-order valence-electron chi connectivity index (χ4n) is 2.61. The van der Waals surface area contributed by atoms with Crippen molar-refractivity contribution < 1.29 is 14.7 Å². The zero-order valence-electron chi connectivity index (χ0n) is 12.2. The van der Waals surface area contributed by atoms with E-state index >= 15 is 0 Å². The summed E-state index contributed by atoms with van der Waals surface area (Å²) >= 11 is 0. The van der Waals surface area contributed by atoms with Crippen LogP contribution in [-0.4, -0.2) is 40.1 Å². The quantitative estimate of drug-likeness (QED) is 0.887. The Bertz CT molecular complexity index is 484. The molecule has 0 unspecified atom stereocenters. The lowest BCUT2D eigenvalue weighted by Crippen LogP contribution is -2.44. The molecule has 6 nitrogen and oxygen atoms in total. The number of nitrogens with one attached hydrogen (secondary N) is 1. The molecule has 2 rings (SSSR count). The molecule has 1 heterocycles. The predicted octanol–water partition coefficient (Wildman–Crippen LogP) is 1.87. The number of carboxylic acids is 1. The fraction of sp³-hybridized carbons (Fsp3) is 0.533. The first-order valence-electron chi connectivity index (χ1n) is 7.19. The first kappa shape index (κ1) is 15.3. The van der Waals surface area contributed by atoms with Gasteiger partial charge in [0.1, 0.15) is 0 Å². The average Bonchev–Trinajstić information content (AvgIpc) is 2.48. The predicted molar refractivity (Wildman–Crippen MR) is 77.6 cm³/mol. The van der Waals surface area contributed by atoms with E-state index in [-0.39, 0.29) is 18.0 Å². The molecule has 0 aromatic carbocycles. The summed E-state index contributed by atoms with van der Waals surface area (Å²) in [6.07, 6.45) is 6.15. The second-order valence-electron chi connectivity index (χ2n) is 5.55. The summed E-state index contributed by atoms with van der Waals surface area (Å²) in [4.78, 5) is 28.6. The molecule has 1 fully saturated rings. The molecule has 0 aliphatic heterocycles. The number of nitrogens with zero attached hydrogens (tertiary/aromatic N) is 2. The Morgan fingerprint density at radius 2 is 2.10 bits per heavy atom. The Kier molecular flexibility index (Phi) is 5.14. The normalized spacial score (nSPS) is 21.6. The van der Waals surface area contributed by atoms with Crippen LogP contribution in [0.3, 0.4) is 0 Å². The highest BCUT2D eigenvalue weighted by Gasteiger charge is 2.27. The van der Waals surface area contributed by atoms with Crippen LogP contribution in [-0.2, 0) is 11.3 Å². The lowest BCUT2D eigenvalue weighted by Gasteiger charge is -2.28. The van der Waals surface area contributed by atoms with Crippen LogP contribution in [0.4, 0.5) is 4.79 Å². The number of aliphatic carboxylic acids is 1. The molecule has 21 heavy (non-hydrogen) atoms. The van der Waals surface area contributed by atoms with Gasteiger partial charge in [0.2, 0.25) is 0 Å². The van der Waals surface area contributed by atoms with Crippen molar-refractivity contribution in [3.8, 4) is 0 Å². The van der Waals surface area contributed by atoms with E-state index < -0.39 is 5.97 Å². The molecule has 114 valence electrons. The Morgan fingerprint density at radius 3 is 2.67 bits per heavy atom. The highest BCUT2D eigenvalue weighted by molar-refractivity contribution is 5.74. The third kappa shape index (κ3) is 4.44. The first-order chi connectivity index (χ1) is 10.1. The maximum Gasteiger partial charge on any atom is 0.317 e. The number of hydrogen-bond acceptors (Lipinski definition) is 3. The van der Waals surface area contributed by atoms with Gasteiger partial charge < -0.3 is 15.3 Å². The maximum atomic E-state index is 12.1. The number of carbonyl (C=O) groups excluding carboxylic acids is 1. The summed E-state index contributed by atoms with van der Waals surface area (Å²) in [7, 11) is 1.74. The molecule has 0 spiro atoms. The molecular formula is C15H21N3O3. The highest BCUT2D eigenvalue weighted by Crippen LogP contribution is 2.24. The summed E-state index contributed by atoms with van der Waals surface area (Å²) in [5.74, 6) is -0.986. The monoisotopic (exact) mass is 291 g/mol. The van der Waals surface area contributed by atoms with Gasteiger partial charge in [-0.25, -0.2) is 4.79 Å². The standard InChI is InChI=1S/C15H21N3O3/c1-18(10-11-3-2-8-16-9-11)15(21)17-13-6-4-12(5-7-13)14(19)20/h2-3,8-9,12-13H,4-7,10H2,1H3,(H,17,21)(H,19,20). The van der Waals surface area contributed by atoms with Gasteiger partial charge in [-0.2, -0.15) is 0 Å². The van der Waals surface area contributed by atoms with Crippen molar-refractivity contribution in [1.82, 2.24) is 15.2 Å². The van der Waals surface area contributed by atoms with Crippen molar-refractivity contribution in [1.29, 1.82) is 0 Å². The van der Waals surface area contributed by atoms with E-state index in [1.54, 1.807) is 24.3 Å². The first-order valence-corrected chi connectivity index (χ1v) is 7.19. The number of amides is 2. The fourth-order valence-corrected chi connectivity index (χ4v) is 2.61. The SMILES string of the molecule is CN(Cc1cccnc1)C(=O)NC1CCC(C(=O)O)CC1. The number of hydrogen-bond donors (Lipinski definition) is 2.